The first kappa shape index (κ1) is 18.1. The fraction of sp³-hybridized carbons (Fsp3) is 0.556. The Balaban J connectivity index is 1.79. The summed E-state index contributed by atoms with van der Waals surface area (Å²) in [6.45, 7) is 4.78. The highest BCUT2D eigenvalue weighted by Gasteiger charge is 2.25. The van der Waals surface area contributed by atoms with Crippen LogP contribution in [0.4, 0.5) is 0 Å². The third kappa shape index (κ3) is 3.14. The number of carbonyl (C=O) groups excluding carboxylic acids is 1. The van der Waals surface area contributed by atoms with Crippen LogP contribution >= 0.6 is 11.3 Å². The van der Waals surface area contributed by atoms with Crippen LogP contribution in [0.15, 0.2) is 4.79 Å². The molecule has 3 aromatic heterocycles. The van der Waals surface area contributed by atoms with Crippen LogP contribution in [0.1, 0.15) is 29.6 Å². The maximum Gasteiger partial charge on any atom is 0.352 e. The molecule has 8 nitrogen and oxygen atoms in total. The number of nitrogens with zero attached hydrogens (tertiary/aromatic N) is 4. The molecule has 0 aromatic carbocycles. The number of aromatic nitrogens is 4. The second-order valence-corrected chi connectivity index (χ2v) is 8.22. The van der Waals surface area contributed by atoms with Gasteiger partial charge in [-0.15, -0.1) is 16.4 Å². The van der Waals surface area contributed by atoms with Crippen LogP contribution in [0.5, 0.6) is 0 Å². The molecule has 1 amide bonds. The number of carbonyl (C=O) groups is 1. The predicted molar refractivity (Wildman–Crippen MR) is 103 cm³/mol. The topological polar surface area (TPSA) is 90.5 Å². The maximum absolute atomic E-state index is 12.8. The highest BCUT2D eigenvalue weighted by atomic mass is 32.1. The number of amides is 1. The van der Waals surface area contributed by atoms with E-state index in [0.29, 0.717) is 30.5 Å². The second-order valence-electron chi connectivity index (χ2n) is 7.13. The first-order chi connectivity index (χ1) is 13.0. The maximum atomic E-state index is 12.8. The quantitative estimate of drug-likeness (QED) is 0.665. The molecule has 1 aliphatic carbocycles. The smallest absolute Gasteiger partial charge is 0.352 e. The largest absolute Gasteiger partial charge is 0.383 e. The standard InChI is InChI=1S/C18H23N5O3S/c1-10-4-5-12-13(8-10)27-17-15(12)16-21-22(9-14(24)19-6-7-26-3)18(25)23(16)11(2)20-17/h10H,4-9H2,1-3H3,(H,19,24). The average Bonchev–Trinajstić information content (AvgIpc) is 3.12. The molecule has 1 unspecified atom stereocenters. The van der Waals surface area contributed by atoms with E-state index in [1.54, 1.807) is 25.4 Å². The molecule has 4 rings (SSSR count). The zero-order chi connectivity index (χ0) is 19.1. The summed E-state index contributed by atoms with van der Waals surface area (Å²) in [5, 5.41) is 8.20. The number of thiophene rings is 1. The van der Waals surface area contributed by atoms with Gasteiger partial charge in [-0.05, 0) is 37.7 Å². The molecule has 3 heterocycles. The van der Waals surface area contributed by atoms with E-state index in [0.717, 1.165) is 29.5 Å². The lowest BCUT2D eigenvalue weighted by atomic mass is 9.89. The number of hydrogen-bond donors (Lipinski definition) is 1. The first-order valence-electron chi connectivity index (χ1n) is 9.15. The van der Waals surface area contributed by atoms with E-state index in [1.165, 1.54) is 19.5 Å². The van der Waals surface area contributed by atoms with E-state index in [2.05, 4.69) is 22.3 Å². The van der Waals surface area contributed by atoms with Gasteiger partial charge in [0.05, 0.1) is 12.0 Å². The molecule has 0 fully saturated rings. The monoisotopic (exact) mass is 389 g/mol. The molecule has 1 atom stereocenters. The minimum atomic E-state index is -0.331. The van der Waals surface area contributed by atoms with Gasteiger partial charge in [-0.3, -0.25) is 4.79 Å². The lowest BCUT2D eigenvalue weighted by Gasteiger charge is -2.17. The minimum absolute atomic E-state index is 0.117. The van der Waals surface area contributed by atoms with Crippen molar-refractivity contribution < 1.29 is 9.53 Å². The molecular weight excluding hydrogens is 366 g/mol. The first-order valence-corrected chi connectivity index (χ1v) is 9.97. The number of aryl methyl sites for hydroxylation is 2. The lowest BCUT2D eigenvalue weighted by molar-refractivity contribution is -0.122. The summed E-state index contributed by atoms with van der Waals surface area (Å²) in [5.74, 6) is 0.999. The molecule has 0 bridgehead atoms. The summed E-state index contributed by atoms with van der Waals surface area (Å²) in [7, 11) is 1.57. The van der Waals surface area contributed by atoms with E-state index in [4.69, 9.17) is 4.74 Å². The fourth-order valence-electron chi connectivity index (χ4n) is 3.69. The Labute approximate surface area is 160 Å². The van der Waals surface area contributed by atoms with Gasteiger partial charge in [-0.2, -0.15) is 0 Å². The van der Waals surface area contributed by atoms with Gasteiger partial charge in [-0.25, -0.2) is 18.9 Å². The van der Waals surface area contributed by atoms with Gasteiger partial charge in [-0.1, -0.05) is 6.92 Å². The SMILES string of the molecule is COCCNC(=O)Cn1nc2c3c4c(sc3nc(C)n2c1=O)CC(C)CC4. The molecular formula is C18H23N5O3S. The van der Waals surface area contributed by atoms with Crippen molar-refractivity contribution in [3.05, 3.63) is 26.7 Å². The van der Waals surface area contributed by atoms with E-state index < -0.39 is 0 Å². The molecule has 0 aliphatic heterocycles. The van der Waals surface area contributed by atoms with Crippen molar-refractivity contribution in [3.8, 4) is 0 Å². The number of ether oxygens (including phenoxy) is 1. The fourth-order valence-corrected chi connectivity index (χ4v) is 5.11. The number of fused-ring (bicyclic) bond motifs is 5. The molecule has 0 spiro atoms. The zero-order valence-electron chi connectivity index (χ0n) is 15.7. The Kier molecular flexibility index (Phi) is 4.73. The van der Waals surface area contributed by atoms with E-state index >= 15 is 0 Å². The van der Waals surface area contributed by atoms with Crippen LogP contribution in [0.3, 0.4) is 0 Å². The van der Waals surface area contributed by atoms with Gasteiger partial charge in [0.1, 0.15) is 17.2 Å². The Morgan fingerprint density at radius 1 is 1.44 bits per heavy atom. The van der Waals surface area contributed by atoms with Gasteiger partial charge in [0, 0.05) is 18.5 Å². The molecule has 0 radical (unpaired) electrons. The van der Waals surface area contributed by atoms with Gasteiger partial charge in [0.15, 0.2) is 5.65 Å². The highest BCUT2D eigenvalue weighted by Crippen LogP contribution is 2.38. The van der Waals surface area contributed by atoms with E-state index in [1.807, 2.05) is 0 Å². The van der Waals surface area contributed by atoms with Gasteiger partial charge < -0.3 is 10.1 Å². The van der Waals surface area contributed by atoms with Crippen LogP contribution in [0, 0.1) is 12.8 Å². The summed E-state index contributed by atoms with van der Waals surface area (Å²) in [6.07, 6.45) is 3.16. The molecule has 27 heavy (non-hydrogen) atoms. The number of hydrogen-bond acceptors (Lipinski definition) is 6. The number of rotatable bonds is 5. The van der Waals surface area contributed by atoms with Gasteiger partial charge in [0.2, 0.25) is 5.91 Å². The second kappa shape index (κ2) is 7.05. The molecule has 9 heteroatoms. The van der Waals surface area contributed by atoms with Crippen molar-refractivity contribution in [2.75, 3.05) is 20.3 Å². The third-order valence-corrected chi connectivity index (χ3v) is 6.21. The van der Waals surface area contributed by atoms with Crippen molar-refractivity contribution in [1.29, 1.82) is 0 Å². The van der Waals surface area contributed by atoms with E-state index in [-0.39, 0.29) is 18.1 Å². The third-order valence-electron chi connectivity index (χ3n) is 5.06. The summed E-state index contributed by atoms with van der Waals surface area (Å²) in [5.41, 5.74) is 1.55. The van der Waals surface area contributed by atoms with Crippen LogP contribution in [-0.4, -0.2) is 45.3 Å². The zero-order valence-corrected chi connectivity index (χ0v) is 16.6. The summed E-state index contributed by atoms with van der Waals surface area (Å²) < 4.78 is 7.67. The Hall–Kier alpha value is -2.26. The van der Waals surface area contributed by atoms with Gasteiger partial charge >= 0.3 is 5.69 Å². The molecule has 0 saturated heterocycles. The Bertz CT molecular complexity index is 1080. The van der Waals surface area contributed by atoms with Crippen LogP contribution in [0.2, 0.25) is 0 Å². The molecule has 0 saturated carbocycles. The molecule has 3 aromatic rings. The van der Waals surface area contributed by atoms with E-state index in [9.17, 15) is 9.59 Å². The van der Waals surface area contributed by atoms with Gasteiger partial charge in [0.25, 0.3) is 0 Å². The van der Waals surface area contributed by atoms with Crippen molar-refractivity contribution in [2.45, 2.75) is 39.7 Å². The molecule has 144 valence electrons. The highest BCUT2D eigenvalue weighted by molar-refractivity contribution is 7.19. The summed E-state index contributed by atoms with van der Waals surface area (Å²) in [4.78, 5) is 31.9. The molecule has 1 N–H and O–H groups in total. The van der Waals surface area contributed by atoms with Crippen molar-refractivity contribution in [3.63, 3.8) is 0 Å². The van der Waals surface area contributed by atoms with Crippen molar-refractivity contribution in [2.24, 2.45) is 5.92 Å². The number of methoxy groups -OCH3 is 1. The Morgan fingerprint density at radius 2 is 2.26 bits per heavy atom. The number of nitrogens with one attached hydrogen (secondary N) is 1. The van der Waals surface area contributed by atoms with Crippen molar-refractivity contribution in [1.82, 2.24) is 24.5 Å². The van der Waals surface area contributed by atoms with Crippen LogP contribution < -0.4 is 11.0 Å². The van der Waals surface area contributed by atoms with Crippen molar-refractivity contribution >= 4 is 33.1 Å². The molecule has 1 aliphatic rings. The normalized spacial score (nSPS) is 16.8. The predicted octanol–water partition coefficient (Wildman–Crippen LogP) is 1.30. The van der Waals surface area contributed by atoms with Crippen LogP contribution in [0.25, 0.3) is 15.9 Å². The lowest BCUT2D eigenvalue weighted by Crippen LogP contribution is -2.34. The summed E-state index contributed by atoms with van der Waals surface area (Å²) >= 11 is 1.71. The van der Waals surface area contributed by atoms with Crippen LogP contribution in [-0.2, 0) is 28.9 Å². The average molecular weight is 389 g/mol. The minimum Gasteiger partial charge on any atom is -0.383 e. The Morgan fingerprint density at radius 3 is 3.04 bits per heavy atom. The summed E-state index contributed by atoms with van der Waals surface area (Å²) in [6, 6.07) is 0.